The normalized spacial score (nSPS) is 10.8. The van der Waals surface area contributed by atoms with Crippen molar-refractivity contribution in [2.24, 2.45) is 0 Å². The molecule has 0 aliphatic rings. The Morgan fingerprint density at radius 2 is 1.84 bits per heavy atom. The molecular weight excluding hydrogens is 320 g/mol. The maximum atomic E-state index is 12.6. The summed E-state index contributed by atoms with van der Waals surface area (Å²) in [7, 11) is 0. The monoisotopic (exact) mass is 344 g/mol. The summed E-state index contributed by atoms with van der Waals surface area (Å²) < 4.78 is 0. The molecule has 0 bridgehead atoms. The van der Waals surface area contributed by atoms with E-state index in [9.17, 15) is 14.4 Å². The number of hydrogen-bond donors (Lipinski definition) is 3. The first-order valence-electron chi connectivity index (χ1n) is 8.33. The number of amides is 1. The summed E-state index contributed by atoms with van der Waals surface area (Å²) >= 11 is 0. The molecule has 0 fully saturated rings. The molecule has 0 atom stereocenters. The third-order valence-corrected chi connectivity index (χ3v) is 4.39. The van der Waals surface area contributed by atoms with E-state index in [2.05, 4.69) is 20.5 Å². The molecule has 0 aromatic carbocycles. The van der Waals surface area contributed by atoms with Crippen LogP contribution in [0, 0.1) is 20.8 Å². The van der Waals surface area contributed by atoms with Crippen molar-refractivity contribution in [2.45, 2.75) is 54.0 Å². The fourth-order valence-corrected chi connectivity index (χ4v) is 2.99. The second-order valence-corrected chi connectivity index (χ2v) is 6.21. The van der Waals surface area contributed by atoms with Crippen molar-refractivity contribution in [3.05, 3.63) is 49.7 Å². The maximum absolute atomic E-state index is 12.6. The van der Waals surface area contributed by atoms with Gasteiger partial charge < -0.3 is 10.3 Å². The van der Waals surface area contributed by atoms with E-state index in [1.807, 2.05) is 6.92 Å². The summed E-state index contributed by atoms with van der Waals surface area (Å²) in [5.74, 6) is -0.388. The third kappa shape index (κ3) is 3.70. The van der Waals surface area contributed by atoms with Gasteiger partial charge in [-0.15, -0.1) is 0 Å². The van der Waals surface area contributed by atoms with Crippen LogP contribution in [0.5, 0.6) is 0 Å². The van der Waals surface area contributed by atoms with Gasteiger partial charge in [-0.1, -0.05) is 13.3 Å². The Kier molecular flexibility index (Phi) is 5.56. The Morgan fingerprint density at radius 3 is 2.44 bits per heavy atom. The number of aromatic amines is 2. The standard InChI is InChI=1S/C18H24N4O3/c1-6-7-13-15(12(5)23)11(4)20-16(13)18(25)19-8-14-9(2)10(3)21-22-17(14)24/h20H,6-8H2,1-5H3,(H,19,25)(H,22,24). The number of aromatic nitrogens is 3. The second kappa shape index (κ2) is 7.46. The number of carbonyl (C=O) groups is 2. The van der Waals surface area contributed by atoms with E-state index in [4.69, 9.17) is 0 Å². The fraction of sp³-hybridized carbons (Fsp3) is 0.444. The zero-order chi connectivity index (χ0) is 18.7. The number of nitrogens with zero attached hydrogens (tertiary/aromatic N) is 1. The largest absolute Gasteiger partial charge is 0.354 e. The predicted molar refractivity (Wildman–Crippen MR) is 95.0 cm³/mol. The van der Waals surface area contributed by atoms with Crippen molar-refractivity contribution in [2.75, 3.05) is 0 Å². The molecule has 0 saturated carbocycles. The van der Waals surface area contributed by atoms with Gasteiger partial charge in [-0.3, -0.25) is 14.4 Å². The molecule has 0 saturated heterocycles. The number of H-pyrrole nitrogens is 2. The minimum absolute atomic E-state index is 0.0618. The lowest BCUT2D eigenvalue weighted by molar-refractivity contribution is 0.0945. The zero-order valence-electron chi connectivity index (χ0n) is 15.3. The first kappa shape index (κ1) is 18.6. The van der Waals surface area contributed by atoms with Crippen molar-refractivity contribution in [3.63, 3.8) is 0 Å². The summed E-state index contributed by atoms with van der Waals surface area (Å²) in [4.78, 5) is 39.5. The Balaban J connectivity index is 2.31. The highest BCUT2D eigenvalue weighted by molar-refractivity contribution is 6.02. The zero-order valence-corrected chi connectivity index (χ0v) is 15.3. The van der Waals surface area contributed by atoms with Gasteiger partial charge in [0.25, 0.3) is 11.5 Å². The minimum Gasteiger partial charge on any atom is -0.354 e. The molecule has 0 aliphatic carbocycles. The lowest BCUT2D eigenvalue weighted by Crippen LogP contribution is -2.29. The van der Waals surface area contributed by atoms with Gasteiger partial charge in [-0.25, -0.2) is 5.10 Å². The number of ketones is 1. The van der Waals surface area contributed by atoms with Crippen LogP contribution in [0.25, 0.3) is 0 Å². The lowest BCUT2D eigenvalue weighted by atomic mass is 10.0. The highest BCUT2D eigenvalue weighted by Gasteiger charge is 2.22. The van der Waals surface area contributed by atoms with E-state index in [0.717, 1.165) is 17.5 Å². The molecule has 0 spiro atoms. The van der Waals surface area contributed by atoms with E-state index >= 15 is 0 Å². The summed E-state index contributed by atoms with van der Waals surface area (Å²) in [6.45, 7) is 8.98. The number of Topliss-reactive ketones (excluding diaryl/α,β-unsaturated/α-hetero) is 1. The smallest absolute Gasteiger partial charge is 0.269 e. The van der Waals surface area contributed by atoms with Gasteiger partial charge in [0.2, 0.25) is 0 Å². The molecule has 7 nitrogen and oxygen atoms in total. The number of carbonyl (C=O) groups excluding carboxylic acids is 2. The predicted octanol–water partition coefficient (Wildman–Crippen LogP) is 2.11. The van der Waals surface area contributed by atoms with E-state index in [0.29, 0.717) is 34.6 Å². The second-order valence-electron chi connectivity index (χ2n) is 6.21. The number of rotatable bonds is 6. The van der Waals surface area contributed by atoms with Gasteiger partial charge >= 0.3 is 0 Å². The Hall–Kier alpha value is -2.70. The average Bonchev–Trinajstić information content (AvgIpc) is 2.88. The summed E-state index contributed by atoms with van der Waals surface area (Å²) in [6.07, 6.45) is 1.45. The fourth-order valence-electron chi connectivity index (χ4n) is 2.99. The summed E-state index contributed by atoms with van der Waals surface area (Å²) in [5.41, 5.74) is 4.04. The van der Waals surface area contributed by atoms with Gasteiger partial charge in [-0.05, 0) is 45.2 Å². The van der Waals surface area contributed by atoms with Crippen molar-refractivity contribution >= 4 is 11.7 Å². The van der Waals surface area contributed by atoms with E-state index in [1.165, 1.54) is 6.92 Å². The number of nitrogens with one attached hydrogen (secondary N) is 3. The third-order valence-electron chi connectivity index (χ3n) is 4.39. The van der Waals surface area contributed by atoms with E-state index in [1.54, 1.807) is 20.8 Å². The van der Waals surface area contributed by atoms with Crippen LogP contribution < -0.4 is 10.9 Å². The van der Waals surface area contributed by atoms with Gasteiger partial charge in [0.05, 0.1) is 5.69 Å². The van der Waals surface area contributed by atoms with E-state index < -0.39 is 0 Å². The van der Waals surface area contributed by atoms with Crippen LogP contribution in [0.2, 0.25) is 0 Å². The van der Waals surface area contributed by atoms with E-state index in [-0.39, 0.29) is 23.8 Å². The van der Waals surface area contributed by atoms with Crippen molar-refractivity contribution in [1.29, 1.82) is 0 Å². The molecule has 2 aromatic rings. The minimum atomic E-state index is -0.327. The quantitative estimate of drug-likeness (QED) is 0.697. The molecule has 2 rings (SSSR count). The molecule has 2 heterocycles. The van der Waals surface area contributed by atoms with Crippen molar-refractivity contribution < 1.29 is 9.59 Å². The molecule has 134 valence electrons. The first-order chi connectivity index (χ1) is 11.8. The van der Waals surface area contributed by atoms with Gasteiger partial charge in [0, 0.05) is 23.4 Å². The summed E-state index contributed by atoms with van der Waals surface area (Å²) in [6, 6.07) is 0. The number of aryl methyl sites for hydroxylation is 2. The molecule has 2 aromatic heterocycles. The molecule has 25 heavy (non-hydrogen) atoms. The molecule has 0 radical (unpaired) electrons. The molecule has 0 aliphatic heterocycles. The van der Waals surface area contributed by atoms with Crippen LogP contribution in [0.1, 0.15) is 69.2 Å². The molecule has 7 heteroatoms. The Labute approximate surface area is 146 Å². The lowest BCUT2D eigenvalue weighted by Gasteiger charge is -2.09. The van der Waals surface area contributed by atoms with Crippen LogP contribution >= 0.6 is 0 Å². The molecular formula is C18H24N4O3. The van der Waals surface area contributed by atoms with Crippen molar-refractivity contribution in [1.82, 2.24) is 20.5 Å². The topological polar surface area (TPSA) is 108 Å². The van der Waals surface area contributed by atoms with Crippen LogP contribution in [0.15, 0.2) is 4.79 Å². The maximum Gasteiger partial charge on any atom is 0.269 e. The van der Waals surface area contributed by atoms with Crippen LogP contribution in [-0.4, -0.2) is 26.9 Å². The average molecular weight is 344 g/mol. The van der Waals surface area contributed by atoms with Gasteiger partial charge in [0.1, 0.15) is 5.69 Å². The highest BCUT2D eigenvalue weighted by atomic mass is 16.2. The highest BCUT2D eigenvalue weighted by Crippen LogP contribution is 2.21. The Morgan fingerprint density at radius 1 is 1.16 bits per heavy atom. The van der Waals surface area contributed by atoms with Crippen molar-refractivity contribution in [3.8, 4) is 0 Å². The summed E-state index contributed by atoms with van der Waals surface area (Å²) in [5, 5.41) is 9.10. The SMILES string of the molecule is CCCc1c(C(=O)NCc2c(C)c(C)n[nH]c2=O)[nH]c(C)c1C(C)=O. The van der Waals surface area contributed by atoms with Gasteiger partial charge in [0.15, 0.2) is 5.78 Å². The van der Waals surface area contributed by atoms with Crippen LogP contribution in [-0.2, 0) is 13.0 Å². The first-order valence-corrected chi connectivity index (χ1v) is 8.33. The number of hydrogen-bond acceptors (Lipinski definition) is 4. The van der Waals surface area contributed by atoms with Crippen LogP contribution in [0.4, 0.5) is 0 Å². The Bertz CT molecular complexity index is 877. The molecule has 1 amide bonds. The van der Waals surface area contributed by atoms with Gasteiger partial charge in [-0.2, -0.15) is 5.10 Å². The molecule has 3 N–H and O–H groups in total. The molecule has 0 unspecified atom stereocenters. The van der Waals surface area contributed by atoms with Crippen LogP contribution in [0.3, 0.4) is 0 Å².